The second-order valence-electron chi connectivity index (χ2n) is 4.91. The van der Waals surface area contributed by atoms with E-state index in [2.05, 4.69) is 0 Å². The van der Waals surface area contributed by atoms with Gasteiger partial charge in [-0.2, -0.15) is 0 Å². The molecule has 0 aliphatic heterocycles. The van der Waals surface area contributed by atoms with Crippen LogP contribution in [0.4, 0.5) is 0 Å². The zero-order valence-electron chi connectivity index (χ0n) is 12.4. The highest BCUT2D eigenvalue weighted by Gasteiger charge is 2.23. The summed E-state index contributed by atoms with van der Waals surface area (Å²) >= 11 is 0. The van der Waals surface area contributed by atoms with Gasteiger partial charge in [0.1, 0.15) is 11.5 Å². The standard InChI is InChI=1S/C14H21O5P/c1-10(19-20(15)16)9-14(2,3)12-8-11(17-4)6-7-13(12)18-5/h6-9,20H,1-5H3,(H,15,16)/b10-9+. The monoisotopic (exact) mass is 300 g/mol. The molecule has 0 heterocycles. The van der Waals surface area contributed by atoms with Crippen LogP contribution in [0.25, 0.3) is 0 Å². The van der Waals surface area contributed by atoms with Crippen LogP contribution in [-0.2, 0) is 14.5 Å². The molecule has 1 N–H and O–H groups in total. The molecule has 0 saturated heterocycles. The van der Waals surface area contributed by atoms with Gasteiger partial charge in [-0.15, -0.1) is 0 Å². The molecule has 0 aromatic heterocycles. The van der Waals surface area contributed by atoms with Gasteiger partial charge in [0.2, 0.25) is 0 Å². The van der Waals surface area contributed by atoms with E-state index in [1.165, 1.54) is 0 Å². The SMILES string of the molecule is COc1ccc(OC)c(C(C)(C)/C=C(\C)O[PH](=O)O)c1. The molecule has 1 unspecified atom stereocenters. The van der Waals surface area contributed by atoms with Crippen LogP contribution in [0, 0.1) is 0 Å². The van der Waals surface area contributed by atoms with Gasteiger partial charge >= 0.3 is 8.25 Å². The van der Waals surface area contributed by atoms with Crippen LogP contribution in [0.5, 0.6) is 11.5 Å². The maximum absolute atomic E-state index is 10.7. The number of hydrogen-bond acceptors (Lipinski definition) is 4. The first-order valence-corrected chi connectivity index (χ1v) is 7.39. The van der Waals surface area contributed by atoms with E-state index in [9.17, 15) is 4.57 Å². The molecular formula is C14H21O5P. The number of ether oxygens (including phenoxy) is 2. The quantitative estimate of drug-likeness (QED) is 0.645. The van der Waals surface area contributed by atoms with Crippen LogP contribution < -0.4 is 9.47 Å². The molecule has 0 fully saturated rings. The smallest absolute Gasteiger partial charge is 0.364 e. The summed E-state index contributed by atoms with van der Waals surface area (Å²) in [7, 11) is 0.207. The van der Waals surface area contributed by atoms with Crippen molar-refractivity contribution in [2.24, 2.45) is 0 Å². The van der Waals surface area contributed by atoms with Crippen LogP contribution in [0.3, 0.4) is 0 Å². The van der Waals surface area contributed by atoms with Gasteiger partial charge in [0.25, 0.3) is 0 Å². The zero-order chi connectivity index (χ0) is 15.3. The molecule has 0 aliphatic carbocycles. The summed E-state index contributed by atoms with van der Waals surface area (Å²) in [5, 5.41) is 0. The van der Waals surface area contributed by atoms with Gasteiger partial charge in [-0.3, -0.25) is 0 Å². The second kappa shape index (κ2) is 6.82. The summed E-state index contributed by atoms with van der Waals surface area (Å²) in [6.07, 6.45) is 1.78. The summed E-state index contributed by atoms with van der Waals surface area (Å²) in [5.74, 6) is 1.83. The molecule has 0 saturated carbocycles. The Morgan fingerprint density at radius 2 is 1.95 bits per heavy atom. The van der Waals surface area contributed by atoms with Crippen molar-refractivity contribution >= 4 is 8.25 Å². The lowest BCUT2D eigenvalue weighted by molar-refractivity contribution is 0.347. The maximum Gasteiger partial charge on any atom is 0.364 e. The molecule has 1 rings (SSSR count). The van der Waals surface area contributed by atoms with Gasteiger partial charge in [-0.05, 0) is 31.2 Å². The van der Waals surface area contributed by atoms with Crippen molar-refractivity contribution in [2.75, 3.05) is 14.2 Å². The third-order valence-electron chi connectivity index (χ3n) is 2.91. The van der Waals surface area contributed by atoms with Crippen molar-refractivity contribution in [2.45, 2.75) is 26.2 Å². The Labute approximate surface area is 120 Å². The molecular weight excluding hydrogens is 279 g/mol. The summed E-state index contributed by atoms with van der Waals surface area (Å²) in [6.45, 7) is 5.57. The van der Waals surface area contributed by atoms with Crippen molar-refractivity contribution < 1.29 is 23.5 Å². The molecule has 0 amide bonds. The van der Waals surface area contributed by atoms with Crippen molar-refractivity contribution in [3.63, 3.8) is 0 Å². The average Bonchev–Trinajstić information content (AvgIpc) is 2.36. The minimum atomic E-state index is -2.99. The number of hydrogen-bond donors (Lipinski definition) is 1. The Kier molecular flexibility index (Phi) is 5.66. The first kappa shape index (κ1) is 16.6. The van der Waals surface area contributed by atoms with E-state index >= 15 is 0 Å². The fourth-order valence-corrected chi connectivity index (χ4v) is 2.41. The molecule has 20 heavy (non-hydrogen) atoms. The first-order chi connectivity index (χ1) is 9.30. The Morgan fingerprint density at radius 3 is 2.45 bits per heavy atom. The van der Waals surface area contributed by atoms with E-state index in [1.807, 2.05) is 32.0 Å². The maximum atomic E-state index is 10.7. The van der Waals surface area contributed by atoms with Crippen LogP contribution in [0.1, 0.15) is 26.3 Å². The molecule has 112 valence electrons. The Balaban J connectivity index is 3.22. The normalized spacial score (nSPS) is 13.8. The van der Waals surface area contributed by atoms with Crippen molar-refractivity contribution in [3.8, 4) is 11.5 Å². The van der Waals surface area contributed by atoms with E-state index in [0.717, 1.165) is 17.1 Å². The van der Waals surface area contributed by atoms with E-state index in [1.54, 1.807) is 27.2 Å². The Hall–Kier alpha value is -1.45. The summed E-state index contributed by atoms with van der Waals surface area (Å²) < 4.78 is 26.2. The van der Waals surface area contributed by atoms with Gasteiger partial charge < -0.3 is 18.9 Å². The van der Waals surface area contributed by atoms with Crippen LogP contribution in [0.15, 0.2) is 30.0 Å². The molecule has 0 radical (unpaired) electrons. The third kappa shape index (κ3) is 4.29. The van der Waals surface area contributed by atoms with Gasteiger partial charge in [-0.25, -0.2) is 4.57 Å². The lowest BCUT2D eigenvalue weighted by atomic mass is 9.83. The molecule has 0 spiro atoms. The summed E-state index contributed by atoms with van der Waals surface area (Å²) in [5.41, 5.74) is 0.460. The Bertz CT molecular complexity index is 522. The fourth-order valence-electron chi connectivity index (χ4n) is 2.07. The van der Waals surface area contributed by atoms with Crippen LogP contribution >= 0.6 is 8.25 Å². The largest absolute Gasteiger partial charge is 0.497 e. The molecule has 6 heteroatoms. The number of rotatable bonds is 6. The lowest BCUT2D eigenvalue weighted by Crippen LogP contribution is -2.16. The summed E-state index contributed by atoms with van der Waals surface area (Å²) in [6, 6.07) is 5.53. The molecule has 0 aliphatic rings. The summed E-state index contributed by atoms with van der Waals surface area (Å²) in [4.78, 5) is 8.81. The van der Waals surface area contributed by atoms with E-state index in [4.69, 9.17) is 18.9 Å². The topological polar surface area (TPSA) is 65.0 Å². The van der Waals surface area contributed by atoms with Gasteiger partial charge in [0, 0.05) is 11.0 Å². The minimum Gasteiger partial charge on any atom is -0.497 e. The molecule has 1 aromatic rings. The van der Waals surface area contributed by atoms with Crippen molar-refractivity contribution in [3.05, 3.63) is 35.6 Å². The highest BCUT2D eigenvalue weighted by atomic mass is 31.1. The highest BCUT2D eigenvalue weighted by molar-refractivity contribution is 7.32. The lowest BCUT2D eigenvalue weighted by Gasteiger charge is -2.25. The number of allylic oxidation sites excluding steroid dienone is 2. The number of methoxy groups -OCH3 is 2. The second-order valence-corrected chi connectivity index (χ2v) is 5.65. The van der Waals surface area contributed by atoms with Gasteiger partial charge in [-0.1, -0.05) is 13.8 Å². The predicted octanol–water partition coefficient (Wildman–Crippen LogP) is 3.28. The predicted molar refractivity (Wildman–Crippen MR) is 78.6 cm³/mol. The molecule has 5 nitrogen and oxygen atoms in total. The zero-order valence-corrected chi connectivity index (χ0v) is 13.4. The molecule has 0 bridgehead atoms. The van der Waals surface area contributed by atoms with Gasteiger partial charge in [0.15, 0.2) is 0 Å². The first-order valence-electron chi connectivity index (χ1n) is 6.13. The number of benzene rings is 1. The van der Waals surface area contributed by atoms with E-state index in [-0.39, 0.29) is 0 Å². The fraction of sp³-hybridized carbons (Fsp3) is 0.429. The van der Waals surface area contributed by atoms with Crippen molar-refractivity contribution in [1.82, 2.24) is 0 Å². The molecule has 1 aromatic carbocycles. The van der Waals surface area contributed by atoms with Crippen LogP contribution in [0.2, 0.25) is 0 Å². The average molecular weight is 300 g/mol. The third-order valence-corrected chi connectivity index (χ3v) is 3.41. The molecule has 1 atom stereocenters. The highest BCUT2D eigenvalue weighted by Crippen LogP contribution is 2.37. The van der Waals surface area contributed by atoms with E-state index in [0.29, 0.717) is 5.76 Å². The Morgan fingerprint density at radius 1 is 1.30 bits per heavy atom. The minimum absolute atomic E-state index is 0.395. The van der Waals surface area contributed by atoms with Gasteiger partial charge in [0.05, 0.1) is 20.0 Å². The van der Waals surface area contributed by atoms with E-state index < -0.39 is 13.7 Å². The van der Waals surface area contributed by atoms with Crippen molar-refractivity contribution in [1.29, 1.82) is 0 Å². The van der Waals surface area contributed by atoms with Crippen LogP contribution in [-0.4, -0.2) is 19.1 Å².